The van der Waals surface area contributed by atoms with Crippen LogP contribution in [-0.2, 0) is 0 Å². The van der Waals surface area contributed by atoms with Crippen molar-refractivity contribution in [1.29, 1.82) is 0 Å². The van der Waals surface area contributed by atoms with Crippen LogP contribution in [0.1, 0.15) is 5.56 Å². The Kier molecular flexibility index (Phi) is 3.23. The summed E-state index contributed by atoms with van der Waals surface area (Å²) < 4.78 is 6.18. The normalized spacial score (nSPS) is 10.7. The van der Waals surface area contributed by atoms with Crippen LogP contribution in [0.25, 0.3) is 22.8 Å². The van der Waals surface area contributed by atoms with Crippen LogP contribution in [0.2, 0.25) is 0 Å². The molecule has 0 bridgehead atoms. The van der Waals surface area contributed by atoms with Crippen molar-refractivity contribution in [3.63, 3.8) is 0 Å². The summed E-state index contributed by atoms with van der Waals surface area (Å²) in [7, 11) is 0. The van der Waals surface area contributed by atoms with Crippen LogP contribution in [0.5, 0.6) is 0 Å². The molecule has 0 unspecified atom stereocenters. The second-order valence-electron chi connectivity index (χ2n) is 4.35. The lowest BCUT2D eigenvalue weighted by Gasteiger charge is -2.03. The Labute approximate surface area is 124 Å². The number of nitrogens with two attached hydrogens (primary N) is 1. The number of anilines is 1. The fraction of sp³-hybridized carbons (Fsp3) is 0.0714. The van der Waals surface area contributed by atoms with Gasteiger partial charge in [-0.15, -0.1) is 0 Å². The molecule has 5 nitrogen and oxygen atoms in total. The molecule has 0 spiro atoms. The van der Waals surface area contributed by atoms with Crippen molar-refractivity contribution >= 4 is 21.6 Å². The highest BCUT2D eigenvalue weighted by Crippen LogP contribution is 2.29. The molecule has 0 aliphatic carbocycles. The smallest absolute Gasteiger partial charge is 0.260 e. The number of aromatic nitrogens is 3. The maximum absolute atomic E-state index is 5.98. The number of benzene rings is 1. The lowest BCUT2D eigenvalue weighted by molar-refractivity contribution is 0.432. The molecule has 0 aliphatic heterocycles. The molecule has 20 heavy (non-hydrogen) atoms. The van der Waals surface area contributed by atoms with Crippen molar-refractivity contribution in [3.8, 4) is 22.8 Å². The zero-order chi connectivity index (χ0) is 14.1. The van der Waals surface area contributed by atoms with Crippen LogP contribution in [0.15, 0.2) is 45.7 Å². The Morgan fingerprint density at radius 2 is 2.10 bits per heavy atom. The van der Waals surface area contributed by atoms with E-state index in [4.69, 9.17) is 10.3 Å². The van der Waals surface area contributed by atoms with E-state index in [2.05, 4.69) is 31.1 Å². The van der Waals surface area contributed by atoms with Crippen molar-refractivity contribution in [1.82, 2.24) is 15.1 Å². The monoisotopic (exact) mass is 330 g/mol. The third-order valence-corrected chi connectivity index (χ3v) is 3.34. The van der Waals surface area contributed by atoms with Gasteiger partial charge < -0.3 is 10.3 Å². The highest BCUT2D eigenvalue weighted by molar-refractivity contribution is 9.10. The molecule has 6 heteroatoms. The molecule has 100 valence electrons. The predicted octanol–water partition coefficient (Wildman–Crippen LogP) is 3.45. The molecule has 0 aliphatic rings. The molecule has 0 saturated heterocycles. The average molecular weight is 331 g/mol. The summed E-state index contributed by atoms with van der Waals surface area (Å²) in [5.41, 5.74) is 9.14. The highest BCUT2D eigenvalue weighted by Gasteiger charge is 2.15. The van der Waals surface area contributed by atoms with Crippen molar-refractivity contribution in [2.75, 3.05) is 5.73 Å². The number of pyridine rings is 1. The Morgan fingerprint density at radius 1 is 1.25 bits per heavy atom. The average Bonchev–Trinajstić information content (AvgIpc) is 2.88. The first kappa shape index (κ1) is 12.8. The highest BCUT2D eigenvalue weighted by atomic mass is 79.9. The predicted molar refractivity (Wildman–Crippen MR) is 79.8 cm³/mol. The van der Waals surface area contributed by atoms with Gasteiger partial charge in [0, 0.05) is 28.1 Å². The lowest BCUT2D eigenvalue weighted by Crippen LogP contribution is -1.92. The fourth-order valence-corrected chi connectivity index (χ4v) is 2.32. The fourth-order valence-electron chi connectivity index (χ4n) is 1.96. The van der Waals surface area contributed by atoms with Gasteiger partial charge in [-0.05, 0) is 40.5 Å². The number of aryl methyl sites for hydroxylation is 1. The van der Waals surface area contributed by atoms with Gasteiger partial charge in [-0.25, -0.2) is 0 Å². The molecule has 2 heterocycles. The van der Waals surface area contributed by atoms with E-state index in [0.717, 1.165) is 21.2 Å². The maximum atomic E-state index is 5.98. The second-order valence-corrected chi connectivity index (χ2v) is 5.27. The number of hydrogen-bond donors (Lipinski definition) is 1. The summed E-state index contributed by atoms with van der Waals surface area (Å²) in [6.07, 6.45) is 3.38. The quantitative estimate of drug-likeness (QED) is 0.728. The van der Waals surface area contributed by atoms with E-state index in [1.165, 1.54) is 0 Å². The number of rotatable bonds is 2. The minimum Gasteiger partial charge on any atom is -0.398 e. The van der Waals surface area contributed by atoms with E-state index < -0.39 is 0 Å². The zero-order valence-corrected chi connectivity index (χ0v) is 12.3. The number of halogens is 1. The van der Waals surface area contributed by atoms with Gasteiger partial charge in [0.1, 0.15) is 0 Å². The van der Waals surface area contributed by atoms with Crippen molar-refractivity contribution in [2.24, 2.45) is 0 Å². The summed E-state index contributed by atoms with van der Waals surface area (Å²) in [5.74, 6) is 0.895. The van der Waals surface area contributed by atoms with Crippen LogP contribution in [0, 0.1) is 6.92 Å². The van der Waals surface area contributed by atoms with E-state index >= 15 is 0 Å². The van der Waals surface area contributed by atoms with E-state index in [1.807, 2.05) is 31.2 Å². The van der Waals surface area contributed by atoms with E-state index in [0.29, 0.717) is 17.4 Å². The van der Waals surface area contributed by atoms with Gasteiger partial charge in [0.15, 0.2) is 0 Å². The molecule has 2 aromatic heterocycles. The van der Waals surface area contributed by atoms with Crippen LogP contribution in [0.3, 0.4) is 0 Å². The standard InChI is InChI=1S/C14H11BrN4O/c1-8-3-2-4-11(16)12(8)14-18-13(19-20-14)9-5-10(15)7-17-6-9/h2-7H,16H2,1H3. The van der Waals surface area contributed by atoms with E-state index in [1.54, 1.807) is 12.4 Å². The summed E-state index contributed by atoms with van der Waals surface area (Å²) >= 11 is 3.37. The molecule has 1 aromatic carbocycles. The first-order valence-corrected chi connectivity index (χ1v) is 6.74. The van der Waals surface area contributed by atoms with Gasteiger partial charge in [0.05, 0.1) is 5.56 Å². The minimum absolute atomic E-state index is 0.413. The molecule has 0 saturated carbocycles. The number of nitrogens with zero attached hydrogens (tertiary/aromatic N) is 3. The summed E-state index contributed by atoms with van der Waals surface area (Å²) in [4.78, 5) is 8.48. The Morgan fingerprint density at radius 3 is 2.85 bits per heavy atom. The number of hydrogen-bond acceptors (Lipinski definition) is 5. The molecule has 0 radical (unpaired) electrons. The number of nitrogen functional groups attached to an aromatic ring is 1. The van der Waals surface area contributed by atoms with Gasteiger partial charge >= 0.3 is 0 Å². The van der Waals surface area contributed by atoms with Crippen LogP contribution in [-0.4, -0.2) is 15.1 Å². The maximum Gasteiger partial charge on any atom is 0.260 e. The van der Waals surface area contributed by atoms with Crippen LogP contribution in [0.4, 0.5) is 5.69 Å². The van der Waals surface area contributed by atoms with Crippen LogP contribution < -0.4 is 5.73 Å². The summed E-state index contributed by atoms with van der Waals surface area (Å²) in [6.45, 7) is 1.95. The van der Waals surface area contributed by atoms with Gasteiger partial charge in [-0.1, -0.05) is 17.3 Å². The Bertz CT molecular complexity index is 749. The van der Waals surface area contributed by atoms with Gasteiger partial charge in [-0.2, -0.15) is 4.98 Å². The molecular weight excluding hydrogens is 320 g/mol. The van der Waals surface area contributed by atoms with Crippen molar-refractivity contribution in [3.05, 3.63) is 46.7 Å². The van der Waals surface area contributed by atoms with Gasteiger partial charge in [0.2, 0.25) is 5.82 Å². The van der Waals surface area contributed by atoms with E-state index in [-0.39, 0.29) is 0 Å². The second kappa shape index (κ2) is 5.05. The van der Waals surface area contributed by atoms with Crippen molar-refractivity contribution in [2.45, 2.75) is 6.92 Å². The van der Waals surface area contributed by atoms with Crippen LogP contribution >= 0.6 is 15.9 Å². The Balaban J connectivity index is 2.07. The first-order valence-electron chi connectivity index (χ1n) is 5.95. The molecule has 0 fully saturated rings. The molecule has 3 aromatic rings. The third-order valence-electron chi connectivity index (χ3n) is 2.91. The minimum atomic E-state index is 0.413. The summed E-state index contributed by atoms with van der Waals surface area (Å²) in [5, 5.41) is 3.98. The molecule has 0 amide bonds. The first-order chi connectivity index (χ1) is 9.65. The summed E-state index contributed by atoms with van der Waals surface area (Å²) in [6, 6.07) is 7.54. The lowest BCUT2D eigenvalue weighted by atomic mass is 10.1. The Hall–Kier alpha value is -2.21. The SMILES string of the molecule is Cc1cccc(N)c1-c1nc(-c2cncc(Br)c2)no1. The molecule has 0 atom stereocenters. The molecule has 3 rings (SSSR count). The largest absolute Gasteiger partial charge is 0.398 e. The van der Waals surface area contributed by atoms with Crippen molar-refractivity contribution < 1.29 is 4.52 Å². The molecular formula is C14H11BrN4O. The zero-order valence-electron chi connectivity index (χ0n) is 10.7. The molecule has 2 N–H and O–H groups in total. The third kappa shape index (κ3) is 2.30. The van der Waals surface area contributed by atoms with Gasteiger partial charge in [0.25, 0.3) is 5.89 Å². The topological polar surface area (TPSA) is 77.8 Å². The van der Waals surface area contributed by atoms with Gasteiger partial charge in [-0.3, -0.25) is 4.98 Å². The van der Waals surface area contributed by atoms with E-state index in [9.17, 15) is 0 Å².